The Kier molecular flexibility index (Phi) is 4.74. The number of carboxylic acid groups (broad SMARTS) is 1. The Balaban J connectivity index is 2.68. The van der Waals surface area contributed by atoms with Gasteiger partial charge in [-0.05, 0) is 35.3 Å². The molecule has 6 heteroatoms. The number of hydrogen-bond donors (Lipinski definition) is 2. The van der Waals surface area contributed by atoms with Crippen molar-refractivity contribution in [3.05, 3.63) is 22.4 Å². The molecule has 1 heterocycles. The average molecular weight is 303 g/mol. The lowest BCUT2D eigenvalue weighted by atomic mass is 10.2. The van der Waals surface area contributed by atoms with Crippen molar-refractivity contribution in [3.63, 3.8) is 0 Å². The quantitative estimate of drug-likeness (QED) is 0.872. The Morgan fingerprint density at radius 2 is 2.24 bits per heavy atom. The van der Waals surface area contributed by atoms with E-state index in [4.69, 9.17) is 5.11 Å². The van der Waals surface area contributed by atoms with Gasteiger partial charge in [-0.1, -0.05) is 6.92 Å². The summed E-state index contributed by atoms with van der Waals surface area (Å²) < 4.78 is 2.13. The van der Waals surface area contributed by atoms with E-state index in [2.05, 4.69) is 21.2 Å². The Labute approximate surface area is 108 Å². The fourth-order valence-electron chi connectivity index (χ4n) is 1.29. The maximum Gasteiger partial charge on any atom is 0.337 e. The number of aromatic nitrogens is 1. The van der Waals surface area contributed by atoms with Crippen molar-refractivity contribution in [3.8, 4) is 0 Å². The second kappa shape index (κ2) is 5.86. The van der Waals surface area contributed by atoms with Crippen LogP contribution >= 0.6 is 15.9 Å². The molecule has 94 valence electrons. The molecule has 0 aliphatic carbocycles. The van der Waals surface area contributed by atoms with E-state index in [9.17, 15) is 9.59 Å². The largest absolute Gasteiger partial charge is 0.478 e. The second-order valence-corrected chi connectivity index (χ2v) is 4.67. The monoisotopic (exact) mass is 302 g/mol. The standard InChI is InChI=1S/C11H15BrN2O3/c1-3-7(2)13-10(15)6-14-5-8(11(16)17)4-9(14)12/h4-5,7H,3,6H2,1-2H3,(H,13,15)(H,16,17). The topological polar surface area (TPSA) is 71.3 Å². The van der Waals surface area contributed by atoms with Crippen LogP contribution < -0.4 is 5.32 Å². The van der Waals surface area contributed by atoms with E-state index in [0.717, 1.165) is 6.42 Å². The lowest BCUT2D eigenvalue weighted by molar-refractivity contribution is -0.122. The lowest BCUT2D eigenvalue weighted by Gasteiger charge is -2.12. The van der Waals surface area contributed by atoms with Gasteiger partial charge in [0.1, 0.15) is 6.54 Å². The van der Waals surface area contributed by atoms with Gasteiger partial charge in [0.25, 0.3) is 0 Å². The smallest absolute Gasteiger partial charge is 0.337 e. The molecule has 1 aromatic heterocycles. The van der Waals surface area contributed by atoms with Crippen molar-refractivity contribution in [2.75, 3.05) is 0 Å². The van der Waals surface area contributed by atoms with E-state index < -0.39 is 5.97 Å². The molecule has 0 saturated heterocycles. The molecule has 5 nitrogen and oxygen atoms in total. The molecule has 0 fully saturated rings. The van der Waals surface area contributed by atoms with Gasteiger partial charge in [0, 0.05) is 12.2 Å². The highest BCUT2D eigenvalue weighted by molar-refractivity contribution is 9.10. The summed E-state index contributed by atoms with van der Waals surface area (Å²) in [4.78, 5) is 22.4. The van der Waals surface area contributed by atoms with Crippen molar-refractivity contribution in [2.24, 2.45) is 0 Å². The number of carbonyl (C=O) groups is 2. The second-order valence-electron chi connectivity index (χ2n) is 3.86. The minimum atomic E-state index is -1.01. The molecule has 1 unspecified atom stereocenters. The molecule has 0 aliphatic heterocycles. The molecule has 0 aliphatic rings. The van der Waals surface area contributed by atoms with E-state index >= 15 is 0 Å². The Morgan fingerprint density at radius 3 is 2.71 bits per heavy atom. The molecule has 1 rings (SSSR count). The van der Waals surface area contributed by atoms with E-state index in [1.54, 1.807) is 4.57 Å². The third-order valence-electron chi connectivity index (χ3n) is 2.42. The predicted octanol–water partition coefficient (Wildman–Crippen LogP) is 1.86. The van der Waals surface area contributed by atoms with Gasteiger partial charge in [-0.2, -0.15) is 0 Å². The fraction of sp³-hybridized carbons (Fsp3) is 0.455. The summed E-state index contributed by atoms with van der Waals surface area (Å²) in [6.45, 7) is 4.02. The minimum Gasteiger partial charge on any atom is -0.478 e. The van der Waals surface area contributed by atoms with Gasteiger partial charge < -0.3 is 15.0 Å². The number of rotatable bonds is 5. The van der Waals surface area contributed by atoms with Crippen LogP contribution in [0.1, 0.15) is 30.6 Å². The summed E-state index contributed by atoms with van der Waals surface area (Å²) in [5.74, 6) is -1.14. The molecular formula is C11H15BrN2O3. The van der Waals surface area contributed by atoms with Crippen LogP contribution in [0.4, 0.5) is 0 Å². The van der Waals surface area contributed by atoms with Crippen LogP contribution in [0.5, 0.6) is 0 Å². The molecule has 1 atom stereocenters. The third kappa shape index (κ3) is 3.89. The highest BCUT2D eigenvalue weighted by Crippen LogP contribution is 2.15. The molecule has 1 amide bonds. The summed E-state index contributed by atoms with van der Waals surface area (Å²) >= 11 is 3.22. The summed E-state index contributed by atoms with van der Waals surface area (Å²) in [7, 11) is 0. The normalized spacial score (nSPS) is 12.2. The minimum absolute atomic E-state index is 0.109. The lowest BCUT2D eigenvalue weighted by Crippen LogP contribution is -2.34. The summed E-state index contributed by atoms with van der Waals surface area (Å²) in [6.07, 6.45) is 2.29. The third-order valence-corrected chi connectivity index (χ3v) is 3.11. The molecule has 0 bridgehead atoms. The fourth-order valence-corrected chi connectivity index (χ4v) is 1.77. The number of hydrogen-bond acceptors (Lipinski definition) is 2. The number of carboxylic acids is 1. The van der Waals surface area contributed by atoms with Crippen molar-refractivity contribution in [1.29, 1.82) is 0 Å². The highest BCUT2D eigenvalue weighted by Gasteiger charge is 2.12. The molecule has 0 spiro atoms. The summed E-state index contributed by atoms with van der Waals surface area (Å²) in [6, 6.07) is 1.59. The number of carbonyl (C=O) groups excluding carboxylic acids is 1. The number of nitrogens with zero attached hydrogens (tertiary/aromatic N) is 1. The Bertz CT molecular complexity index is 428. The van der Waals surface area contributed by atoms with Gasteiger partial charge in [-0.25, -0.2) is 4.79 Å². The number of aromatic carboxylic acids is 1. The predicted molar refractivity (Wildman–Crippen MR) is 67.0 cm³/mol. The van der Waals surface area contributed by atoms with Crippen LogP contribution in [0.2, 0.25) is 0 Å². The summed E-state index contributed by atoms with van der Waals surface area (Å²) in [5.41, 5.74) is 0.160. The van der Waals surface area contributed by atoms with Gasteiger partial charge in [-0.3, -0.25) is 4.79 Å². The zero-order valence-electron chi connectivity index (χ0n) is 9.74. The summed E-state index contributed by atoms with van der Waals surface area (Å²) in [5, 5.41) is 11.6. The van der Waals surface area contributed by atoms with E-state index in [1.165, 1.54) is 12.3 Å². The van der Waals surface area contributed by atoms with Crippen LogP contribution in [0, 0.1) is 0 Å². The Morgan fingerprint density at radius 1 is 1.59 bits per heavy atom. The first kappa shape index (κ1) is 13.8. The van der Waals surface area contributed by atoms with E-state index in [-0.39, 0.29) is 24.1 Å². The van der Waals surface area contributed by atoms with Crippen molar-refractivity contribution >= 4 is 27.8 Å². The molecule has 0 aromatic carbocycles. The molecule has 17 heavy (non-hydrogen) atoms. The Hall–Kier alpha value is -1.30. The first-order chi connectivity index (χ1) is 7.93. The van der Waals surface area contributed by atoms with E-state index in [0.29, 0.717) is 4.60 Å². The SMILES string of the molecule is CCC(C)NC(=O)Cn1cc(C(=O)O)cc1Br. The van der Waals surface area contributed by atoms with Gasteiger partial charge in [0.05, 0.1) is 10.2 Å². The molecular weight excluding hydrogens is 288 g/mol. The number of nitrogens with one attached hydrogen (secondary N) is 1. The van der Waals surface area contributed by atoms with Gasteiger partial charge in [-0.15, -0.1) is 0 Å². The number of halogens is 1. The highest BCUT2D eigenvalue weighted by atomic mass is 79.9. The van der Waals surface area contributed by atoms with Crippen molar-refractivity contribution in [1.82, 2.24) is 9.88 Å². The van der Waals surface area contributed by atoms with Crippen LogP contribution in [-0.4, -0.2) is 27.6 Å². The van der Waals surface area contributed by atoms with E-state index in [1.807, 2.05) is 13.8 Å². The maximum atomic E-state index is 11.6. The zero-order valence-corrected chi connectivity index (χ0v) is 11.3. The zero-order chi connectivity index (χ0) is 13.0. The van der Waals surface area contributed by atoms with Crippen LogP contribution in [-0.2, 0) is 11.3 Å². The van der Waals surface area contributed by atoms with Gasteiger partial charge in [0.15, 0.2) is 0 Å². The van der Waals surface area contributed by atoms with Crippen LogP contribution in [0.3, 0.4) is 0 Å². The molecule has 2 N–H and O–H groups in total. The van der Waals surface area contributed by atoms with Gasteiger partial charge in [0.2, 0.25) is 5.91 Å². The van der Waals surface area contributed by atoms with Crippen molar-refractivity contribution in [2.45, 2.75) is 32.9 Å². The average Bonchev–Trinajstić information content (AvgIpc) is 2.60. The van der Waals surface area contributed by atoms with Crippen LogP contribution in [0.25, 0.3) is 0 Å². The molecule has 0 saturated carbocycles. The molecule has 1 aromatic rings. The van der Waals surface area contributed by atoms with Crippen LogP contribution in [0.15, 0.2) is 16.9 Å². The molecule has 0 radical (unpaired) electrons. The van der Waals surface area contributed by atoms with Crippen molar-refractivity contribution < 1.29 is 14.7 Å². The first-order valence-corrected chi connectivity index (χ1v) is 6.11. The maximum absolute atomic E-state index is 11.6. The van der Waals surface area contributed by atoms with Gasteiger partial charge >= 0.3 is 5.97 Å². The first-order valence-electron chi connectivity index (χ1n) is 5.32. The number of amides is 1.